The minimum atomic E-state index is -0.266. The van der Waals surface area contributed by atoms with Crippen molar-refractivity contribution in [2.24, 2.45) is 11.8 Å². The normalized spacial score (nSPS) is 21.2. The van der Waals surface area contributed by atoms with Gasteiger partial charge in [0.2, 0.25) is 0 Å². The van der Waals surface area contributed by atoms with Gasteiger partial charge in [-0.3, -0.25) is 0 Å². The van der Waals surface area contributed by atoms with Gasteiger partial charge in [-0.05, 0) is 37.4 Å². The van der Waals surface area contributed by atoms with E-state index in [0.29, 0.717) is 17.6 Å². The van der Waals surface area contributed by atoms with Crippen molar-refractivity contribution in [1.29, 1.82) is 0 Å². The Morgan fingerprint density at radius 2 is 2.17 bits per heavy atom. The predicted molar refractivity (Wildman–Crippen MR) is 71.2 cm³/mol. The van der Waals surface area contributed by atoms with E-state index in [4.69, 9.17) is 4.74 Å². The van der Waals surface area contributed by atoms with Gasteiger partial charge in [-0.25, -0.2) is 4.39 Å². The van der Waals surface area contributed by atoms with Crippen LogP contribution in [0.4, 0.5) is 4.39 Å². The highest BCUT2D eigenvalue weighted by Gasteiger charge is 2.27. The summed E-state index contributed by atoms with van der Waals surface area (Å²) in [4.78, 5) is 0. The average molecular weight is 251 g/mol. The van der Waals surface area contributed by atoms with E-state index in [2.05, 4.69) is 19.2 Å². The number of para-hydroxylation sites is 1. The first kappa shape index (κ1) is 13.3. The number of benzene rings is 1. The molecule has 2 nitrogen and oxygen atoms in total. The standard InChI is InChI=1S/C15H22FNO/c1-11(2)9-15(12-7-8-17-10-12)18-14-6-4-3-5-13(14)16/h3-6,11-12,15,17H,7-10H2,1-2H3/t12-,15-/m0/s1. The maximum atomic E-state index is 13.6. The van der Waals surface area contributed by atoms with E-state index in [1.165, 1.54) is 6.07 Å². The van der Waals surface area contributed by atoms with Crippen LogP contribution in [0.1, 0.15) is 26.7 Å². The van der Waals surface area contributed by atoms with Crippen LogP contribution < -0.4 is 10.1 Å². The summed E-state index contributed by atoms with van der Waals surface area (Å²) < 4.78 is 19.6. The van der Waals surface area contributed by atoms with Crippen molar-refractivity contribution in [3.8, 4) is 5.75 Å². The molecule has 0 aliphatic carbocycles. The second-order valence-corrected chi connectivity index (χ2v) is 5.47. The summed E-state index contributed by atoms with van der Waals surface area (Å²) in [6.45, 7) is 6.38. The zero-order valence-corrected chi connectivity index (χ0v) is 11.2. The van der Waals surface area contributed by atoms with E-state index >= 15 is 0 Å². The lowest BCUT2D eigenvalue weighted by molar-refractivity contribution is 0.114. The van der Waals surface area contributed by atoms with Gasteiger partial charge in [0.1, 0.15) is 6.10 Å². The second kappa shape index (κ2) is 6.19. The van der Waals surface area contributed by atoms with E-state index < -0.39 is 0 Å². The number of ether oxygens (including phenoxy) is 1. The molecule has 0 amide bonds. The summed E-state index contributed by atoms with van der Waals surface area (Å²) in [7, 11) is 0. The van der Waals surface area contributed by atoms with Crippen LogP contribution >= 0.6 is 0 Å². The molecule has 0 spiro atoms. The smallest absolute Gasteiger partial charge is 0.165 e. The molecule has 0 saturated carbocycles. The molecule has 1 N–H and O–H groups in total. The predicted octanol–water partition coefficient (Wildman–Crippen LogP) is 3.23. The molecule has 1 aliphatic rings. The van der Waals surface area contributed by atoms with E-state index in [1.54, 1.807) is 12.1 Å². The van der Waals surface area contributed by atoms with Gasteiger partial charge < -0.3 is 10.1 Å². The molecule has 1 saturated heterocycles. The first-order valence-corrected chi connectivity index (χ1v) is 6.78. The number of rotatable bonds is 5. The molecule has 1 aliphatic heterocycles. The summed E-state index contributed by atoms with van der Waals surface area (Å²) in [5, 5.41) is 3.35. The van der Waals surface area contributed by atoms with Crippen LogP contribution in [0.5, 0.6) is 5.75 Å². The quantitative estimate of drug-likeness (QED) is 0.867. The molecule has 1 heterocycles. The van der Waals surface area contributed by atoms with Crippen LogP contribution in [-0.4, -0.2) is 19.2 Å². The zero-order valence-electron chi connectivity index (χ0n) is 11.2. The van der Waals surface area contributed by atoms with Crippen LogP contribution in [0, 0.1) is 17.7 Å². The number of nitrogens with one attached hydrogen (secondary N) is 1. The van der Waals surface area contributed by atoms with Crippen molar-refractivity contribution in [1.82, 2.24) is 5.32 Å². The van der Waals surface area contributed by atoms with Gasteiger partial charge in [-0.15, -0.1) is 0 Å². The SMILES string of the molecule is CC(C)C[C@H](Oc1ccccc1F)[C@H]1CCNC1. The molecular formula is C15H22FNO. The van der Waals surface area contributed by atoms with E-state index in [9.17, 15) is 4.39 Å². The van der Waals surface area contributed by atoms with Crippen molar-refractivity contribution in [2.75, 3.05) is 13.1 Å². The van der Waals surface area contributed by atoms with Gasteiger partial charge in [0.15, 0.2) is 11.6 Å². The van der Waals surface area contributed by atoms with E-state index in [1.807, 2.05) is 6.07 Å². The molecule has 1 aromatic rings. The van der Waals surface area contributed by atoms with Crippen molar-refractivity contribution in [3.63, 3.8) is 0 Å². The molecule has 100 valence electrons. The molecule has 0 bridgehead atoms. The van der Waals surface area contributed by atoms with E-state index in [-0.39, 0.29) is 11.9 Å². The lowest BCUT2D eigenvalue weighted by Crippen LogP contribution is -2.30. The first-order valence-electron chi connectivity index (χ1n) is 6.78. The number of halogens is 1. The highest BCUT2D eigenvalue weighted by atomic mass is 19.1. The van der Waals surface area contributed by atoms with Crippen molar-refractivity contribution in [3.05, 3.63) is 30.1 Å². The fourth-order valence-electron chi connectivity index (χ4n) is 2.50. The van der Waals surface area contributed by atoms with Gasteiger partial charge in [0, 0.05) is 12.5 Å². The fraction of sp³-hybridized carbons (Fsp3) is 0.600. The van der Waals surface area contributed by atoms with Crippen LogP contribution in [-0.2, 0) is 0 Å². The first-order chi connectivity index (χ1) is 8.66. The molecule has 0 aromatic heterocycles. The monoisotopic (exact) mass is 251 g/mol. The molecule has 1 fully saturated rings. The number of hydrogen-bond donors (Lipinski definition) is 1. The molecule has 2 atom stereocenters. The van der Waals surface area contributed by atoms with Crippen LogP contribution in [0.2, 0.25) is 0 Å². The second-order valence-electron chi connectivity index (χ2n) is 5.47. The molecule has 2 rings (SSSR count). The van der Waals surface area contributed by atoms with Gasteiger partial charge in [0.25, 0.3) is 0 Å². The molecule has 0 unspecified atom stereocenters. The molecule has 1 aromatic carbocycles. The third-order valence-corrected chi connectivity index (χ3v) is 3.44. The third-order valence-electron chi connectivity index (χ3n) is 3.44. The minimum absolute atomic E-state index is 0.108. The molecule has 18 heavy (non-hydrogen) atoms. The van der Waals surface area contributed by atoms with Crippen molar-refractivity contribution in [2.45, 2.75) is 32.8 Å². The van der Waals surface area contributed by atoms with Gasteiger partial charge in [-0.2, -0.15) is 0 Å². The Labute approximate surface area is 109 Å². The lowest BCUT2D eigenvalue weighted by atomic mass is 9.93. The number of hydrogen-bond acceptors (Lipinski definition) is 2. The summed E-state index contributed by atoms with van der Waals surface area (Å²) in [5.74, 6) is 1.17. The summed E-state index contributed by atoms with van der Waals surface area (Å²) >= 11 is 0. The van der Waals surface area contributed by atoms with Gasteiger partial charge >= 0.3 is 0 Å². The summed E-state index contributed by atoms with van der Waals surface area (Å²) in [6, 6.07) is 6.67. The highest BCUT2D eigenvalue weighted by molar-refractivity contribution is 5.24. The maximum Gasteiger partial charge on any atom is 0.165 e. The van der Waals surface area contributed by atoms with Crippen molar-refractivity contribution >= 4 is 0 Å². The minimum Gasteiger partial charge on any atom is -0.487 e. The zero-order chi connectivity index (χ0) is 13.0. The van der Waals surface area contributed by atoms with Gasteiger partial charge in [0.05, 0.1) is 0 Å². The largest absolute Gasteiger partial charge is 0.487 e. The van der Waals surface area contributed by atoms with Gasteiger partial charge in [-0.1, -0.05) is 26.0 Å². The Morgan fingerprint density at radius 1 is 1.39 bits per heavy atom. The Morgan fingerprint density at radius 3 is 2.78 bits per heavy atom. The Hall–Kier alpha value is -1.09. The average Bonchev–Trinajstić information content (AvgIpc) is 2.84. The lowest BCUT2D eigenvalue weighted by Gasteiger charge is -2.26. The van der Waals surface area contributed by atoms with Crippen LogP contribution in [0.15, 0.2) is 24.3 Å². The maximum absolute atomic E-state index is 13.6. The topological polar surface area (TPSA) is 21.3 Å². The third kappa shape index (κ3) is 3.45. The Bertz CT molecular complexity index is 375. The summed E-state index contributed by atoms with van der Waals surface area (Å²) in [5.41, 5.74) is 0. The summed E-state index contributed by atoms with van der Waals surface area (Å²) in [6.07, 6.45) is 2.20. The van der Waals surface area contributed by atoms with Crippen LogP contribution in [0.3, 0.4) is 0 Å². The highest BCUT2D eigenvalue weighted by Crippen LogP contribution is 2.26. The van der Waals surface area contributed by atoms with Crippen LogP contribution in [0.25, 0.3) is 0 Å². The van der Waals surface area contributed by atoms with Crippen molar-refractivity contribution < 1.29 is 9.13 Å². The Balaban J connectivity index is 2.06. The Kier molecular flexibility index (Phi) is 4.59. The molecular weight excluding hydrogens is 229 g/mol. The molecule has 0 radical (unpaired) electrons. The molecule has 3 heteroatoms. The van der Waals surface area contributed by atoms with E-state index in [0.717, 1.165) is 25.9 Å². The fourth-order valence-corrected chi connectivity index (χ4v) is 2.50.